The number of nitrogens with one attached hydrogen (secondary N) is 2. The molecule has 0 aliphatic heterocycles. The minimum Gasteiger partial charge on any atom is -0.474 e. The van der Waals surface area contributed by atoms with E-state index in [1.165, 1.54) is 7.11 Å². The highest BCUT2D eigenvalue weighted by Gasteiger charge is 2.31. The standard InChI is InChI=1S/C20H38N4O4/c1-8-14(17(25)18(27-7)16(22)9-2)11-24-19(26)15(10-21)12-23-13(3)28-20(4,5)6/h14-18,23,25H,3,8-9,11-12,22H2,1-2,4-7H3,(H,24,26)/t14-,15?,16-,17+,18+/m0/s1. The molecule has 0 spiro atoms. The number of nitriles is 1. The van der Waals surface area contributed by atoms with Gasteiger partial charge in [-0.15, -0.1) is 0 Å². The van der Waals surface area contributed by atoms with Crippen LogP contribution in [0.15, 0.2) is 12.5 Å². The van der Waals surface area contributed by atoms with Crippen molar-refractivity contribution in [3.8, 4) is 6.07 Å². The summed E-state index contributed by atoms with van der Waals surface area (Å²) < 4.78 is 10.9. The molecule has 0 rings (SSSR count). The number of aliphatic hydroxyl groups is 1. The Labute approximate surface area is 169 Å². The number of amides is 1. The summed E-state index contributed by atoms with van der Waals surface area (Å²) in [6, 6.07) is 1.68. The quantitative estimate of drug-likeness (QED) is 0.344. The normalized spacial score (nSPS) is 16.8. The molecule has 1 unspecified atom stereocenters. The SMILES string of the molecule is C=C(NCC(C#N)C(=O)NC[C@H](CC)[C@@H](O)[C@H](OC)[C@@H](N)CC)OC(C)(C)C. The summed E-state index contributed by atoms with van der Waals surface area (Å²) in [4.78, 5) is 12.4. The Morgan fingerprint density at radius 1 is 1.25 bits per heavy atom. The average molecular weight is 399 g/mol. The van der Waals surface area contributed by atoms with E-state index in [2.05, 4.69) is 17.2 Å². The molecular formula is C20H38N4O4. The molecule has 162 valence electrons. The first-order chi connectivity index (χ1) is 13.0. The van der Waals surface area contributed by atoms with Gasteiger partial charge in [-0.3, -0.25) is 4.79 Å². The summed E-state index contributed by atoms with van der Waals surface area (Å²) in [6.45, 7) is 13.5. The van der Waals surface area contributed by atoms with Gasteiger partial charge >= 0.3 is 0 Å². The first-order valence-corrected chi connectivity index (χ1v) is 9.76. The molecule has 8 heteroatoms. The van der Waals surface area contributed by atoms with Crippen molar-refractivity contribution in [2.24, 2.45) is 17.6 Å². The Bertz CT molecular complexity index is 527. The molecule has 0 aromatic rings. The van der Waals surface area contributed by atoms with Crippen LogP contribution in [-0.4, -0.2) is 55.1 Å². The second-order valence-electron chi connectivity index (χ2n) is 7.88. The number of carbonyl (C=O) groups excluding carboxylic acids is 1. The highest BCUT2D eigenvalue weighted by Crippen LogP contribution is 2.17. The van der Waals surface area contributed by atoms with Crippen LogP contribution in [0.4, 0.5) is 0 Å². The third-order valence-corrected chi connectivity index (χ3v) is 4.45. The largest absolute Gasteiger partial charge is 0.474 e. The Hall–Kier alpha value is -1.82. The van der Waals surface area contributed by atoms with Crippen molar-refractivity contribution < 1.29 is 19.4 Å². The molecule has 0 radical (unpaired) electrons. The van der Waals surface area contributed by atoms with Gasteiger partial charge in [0.15, 0.2) is 5.88 Å². The lowest BCUT2D eigenvalue weighted by Gasteiger charge is -2.32. The van der Waals surface area contributed by atoms with Gasteiger partial charge in [0.2, 0.25) is 5.91 Å². The van der Waals surface area contributed by atoms with Crippen molar-refractivity contribution in [1.29, 1.82) is 5.26 Å². The van der Waals surface area contributed by atoms with Crippen LogP contribution in [0, 0.1) is 23.2 Å². The number of nitrogens with two attached hydrogens (primary N) is 1. The van der Waals surface area contributed by atoms with Crippen molar-refractivity contribution in [3.63, 3.8) is 0 Å². The van der Waals surface area contributed by atoms with Crippen LogP contribution < -0.4 is 16.4 Å². The van der Waals surface area contributed by atoms with Crippen LogP contribution in [0.3, 0.4) is 0 Å². The first kappa shape index (κ1) is 26.2. The van der Waals surface area contributed by atoms with Gasteiger partial charge in [-0.1, -0.05) is 13.8 Å². The number of carbonyl (C=O) groups is 1. The minimum absolute atomic E-state index is 0.0813. The van der Waals surface area contributed by atoms with Gasteiger partial charge in [-0.25, -0.2) is 0 Å². The van der Waals surface area contributed by atoms with Gasteiger partial charge in [0.1, 0.15) is 11.5 Å². The third-order valence-electron chi connectivity index (χ3n) is 4.45. The summed E-state index contributed by atoms with van der Waals surface area (Å²) in [5.74, 6) is -1.26. The summed E-state index contributed by atoms with van der Waals surface area (Å²) in [6.07, 6.45) is -0.0353. The second kappa shape index (κ2) is 12.6. The number of ether oxygens (including phenoxy) is 2. The fourth-order valence-corrected chi connectivity index (χ4v) is 2.75. The molecule has 5 atom stereocenters. The number of hydrogen-bond acceptors (Lipinski definition) is 7. The zero-order chi connectivity index (χ0) is 21.9. The Balaban J connectivity index is 4.71. The van der Waals surface area contributed by atoms with Gasteiger partial charge < -0.3 is 30.9 Å². The van der Waals surface area contributed by atoms with Crippen LogP contribution >= 0.6 is 0 Å². The fraction of sp³-hybridized carbons (Fsp3) is 0.800. The van der Waals surface area contributed by atoms with Crippen molar-refractivity contribution in [3.05, 3.63) is 12.5 Å². The van der Waals surface area contributed by atoms with Crippen molar-refractivity contribution >= 4 is 5.91 Å². The molecule has 0 aliphatic rings. The maximum atomic E-state index is 12.4. The molecule has 0 aromatic heterocycles. The molecule has 0 heterocycles. The van der Waals surface area contributed by atoms with Gasteiger partial charge in [-0.05, 0) is 40.2 Å². The number of aliphatic hydroxyl groups excluding tert-OH is 1. The Morgan fingerprint density at radius 3 is 2.29 bits per heavy atom. The summed E-state index contributed by atoms with van der Waals surface area (Å²) in [7, 11) is 1.51. The Morgan fingerprint density at radius 2 is 1.86 bits per heavy atom. The highest BCUT2D eigenvalue weighted by molar-refractivity contribution is 5.81. The molecule has 1 amide bonds. The molecule has 28 heavy (non-hydrogen) atoms. The molecule has 5 N–H and O–H groups in total. The van der Waals surface area contributed by atoms with E-state index in [1.807, 2.05) is 40.7 Å². The van der Waals surface area contributed by atoms with E-state index < -0.39 is 29.6 Å². The zero-order valence-electron chi connectivity index (χ0n) is 18.1. The second-order valence-corrected chi connectivity index (χ2v) is 7.88. The number of rotatable bonds is 13. The lowest BCUT2D eigenvalue weighted by Crippen LogP contribution is -2.50. The van der Waals surface area contributed by atoms with Crippen LogP contribution in [0.5, 0.6) is 0 Å². The van der Waals surface area contributed by atoms with Crippen molar-refractivity contribution in [1.82, 2.24) is 10.6 Å². The monoisotopic (exact) mass is 398 g/mol. The van der Waals surface area contributed by atoms with E-state index in [9.17, 15) is 15.2 Å². The summed E-state index contributed by atoms with van der Waals surface area (Å²) >= 11 is 0. The molecule has 0 saturated heterocycles. The third kappa shape index (κ3) is 9.40. The van der Waals surface area contributed by atoms with E-state index >= 15 is 0 Å². The fourth-order valence-electron chi connectivity index (χ4n) is 2.75. The average Bonchev–Trinajstić information content (AvgIpc) is 2.61. The lowest BCUT2D eigenvalue weighted by molar-refractivity contribution is -0.124. The van der Waals surface area contributed by atoms with Crippen LogP contribution in [0.25, 0.3) is 0 Å². The Kier molecular flexibility index (Phi) is 11.8. The molecular weight excluding hydrogens is 360 g/mol. The van der Waals surface area contributed by atoms with Crippen LogP contribution in [0.2, 0.25) is 0 Å². The van der Waals surface area contributed by atoms with Gasteiger partial charge in [0, 0.05) is 32.2 Å². The highest BCUT2D eigenvalue weighted by atomic mass is 16.5. The predicted molar refractivity (Wildman–Crippen MR) is 109 cm³/mol. The minimum atomic E-state index is -0.911. The molecule has 8 nitrogen and oxygen atoms in total. The van der Waals surface area contributed by atoms with E-state index in [1.54, 1.807) is 0 Å². The molecule has 0 saturated carbocycles. The first-order valence-electron chi connectivity index (χ1n) is 9.76. The molecule has 0 aliphatic carbocycles. The smallest absolute Gasteiger partial charge is 0.239 e. The summed E-state index contributed by atoms with van der Waals surface area (Å²) in [5.41, 5.74) is 5.59. The topological polar surface area (TPSA) is 130 Å². The number of hydrogen-bond donors (Lipinski definition) is 4. The van der Waals surface area contributed by atoms with E-state index in [4.69, 9.17) is 15.2 Å². The van der Waals surface area contributed by atoms with Gasteiger partial charge in [-0.2, -0.15) is 5.26 Å². The molecule has 0 fully saturated rings. The van der Waals surface area contributed by atoms with Crippen molar-refractivity contribution in [2.45, 2.75) is 71.3 Å². The van der Waals surface area contributed by atoms with Crippen LogP contribution in [-0.2, 0) is 14.3 Å². The molecule has 0 bridgehead atoms. The van der Waals surface area contributed by atoms with E-state index in [0.29, 0.717) is 18.7 Å². The number of nitrogens with zero attached hydrogens (tertiary/aromatic N) is 1. The lowest BCUT2D eigenvalue weighted by atomic mass is 9.90. The summed E-state index contributed by atoms with van der Waals surface area (Å²) in [5, 5.41) is 25.5. The zero-order valence-corrected chi connectivity index (χ0v) is 18.1. The maximum Gasteiger partial charge on any atom is 0.239 e. The molecule has 0 aromatic carbocycles. The van der Waals surface area contributed by atoms with Gasteiger partial charge in [0.25, 0.3) is 0 Å². The maximum absolute atomic E-state index is 12.4. The number of methoxy groups -OCH3 is 1. The van der Waals surface area contributed by atoms with E-state index in [-0.39, 0.29) is 25.0 Å². The predicted octanol–water partition coefficient (Wildman–Crippen LogP) is 1.26. The van der Waals surface area contributed by atoms with Crippen molar-refractivity contribution in [2.75, 3.05) is 20.2 Å². The van der Waals surface area contributed by atoms with Crippen LogP contribution in [0.1, 0.15) is 47.5 Å². The van der Waals surface area contributed by atoms with E-state index in [0.717, 1.165) is 0 Å². The van der Waals surface area contributed by atoms with Gasteiger partial charge in [0.05, 0.1) is 18.3 Å².